The number of nitrogens with zero attached hydrogens (tertiary/aromatic N) is 1. The third-order valence-corrected chi connectivity index (χ3v) is 20.4. The maximum absolute atomic E-state index is 13.0. The van der Waals surface area contributed by atoms with Crippen molar-refractivity contribution in [2.24, 2.45) is 11.8 Å². The zero-order valence-corrected chi connectivity index (χ0v) is 49.6. The summed E-state index contributed by atoms with van der Waals surface area (Å²) in [4.78, 5) is 40.1. The van der Waals surface area contributed by atoms with E-state index in [4.69, 9.17) is 13.9 Å². The first-order chi connectivity index (χ1) is 35.4. The summed E-state index contributed by atoms with van der Waals surface area (Å²) >= 11 is 0. The molecule has 2 aromatic rings. The molecule has 0 aliphatic rings. The fraction of sp³-hybridized carbons (Fsp3) is 0.766. The van der Waals surface area contributed by atoms with E-state index in [2.05, 4.69) is 114 Å². The van der Waals surface area contributed by atoms with Crippen molar-refractivity contribution < 1.29 is 28.3 Å². The van der Waals surface area contributed by atoms with Crippen molar-refractivity contribution in [3.8, 4) is 0 Å². The number of hydrogen-bond acceptors (Lipinski definition) is 7. The van der Waals surface area contributed by atoms with Gasteiger partial charge in [-0.05, 0) is 85.2 Å². The molecule has 0 aromatic heterocycles. The zero-order chi connectivity index (χ0) is 53.3. The lowest BCUT2D eigenvalue weighted by Gasteiger charge is -2.43. The van der Waals surface area contributed by atoms with E-state index in [1.807, 2.05) is 0 Å². The zero-order valence-electron chi connectivity index (χ0n) is 48.6. The summed E-state index contributed by atoms with van der Waals surface area (Å²) in [7, 11) is -0.827. The highest BCUT2D eigenvalue weighted by Gasteiger charge is 2.50. The van der Waals surface area contributed by atoms with Crippen molar-refractivity contribution in [3.05, 3.63) is 60.7 Å². The lowest BCUT2D eigenvalue weighted by atomic mass is 9.90. The summed E-state index contributed by atoms with van der Waals surface area (Å²) in [6, 6.07) is 22.2. The van der Waals surface area contributed by atoms with E-state index in [1.54, 1.807) is 11.9 Å². The SMILES string of the molecule is CCCCCCCC(CCCCC)CCC(=O)OCCCCCC(CCCCCOC(=O)CN(C)C(=O)CCC(CCCC)CCCCCC)NCCCCO[Si](c1ccccc1)(c1ccccc1)C(C)(C)C. The minimum Gasteiger partial charge on any atom is -0.466 e. The van der Waals surface area contributed by atoms with Crippen molar-refractivity contribution in [1.82, 2.24) is 10.2 Å². The molecular formula is C64H112N2O6Si. The van der Waals surface area contributed by atoms with Crippen LogP contribution in [0.25, 0.3) is 0 Å². The maximum atomic E-state index is 13.0. The molecule has 2 rings (SSSR count). The highest BCUT2D eigenvalue weighted by atomic mass is 28.4. The molecule has 0 aliphatic carbocycles. The third kappa shape index (κ3) is 29.8. The number of hydrogen-bond donors (Lipinski definition) is 1. The maximum Gasteiger partial charge on any atom is 0.325 e. The van der Waals surface area contributed by atoms with Gasteiger partial charge in [0.2, 0.25) is 5.91 Å². The van der Waals surface area contributed by atoms with Gasteiger partial charge in [-0.2, -0.15) is 0 Å². The Kier molecular flexibility index (Phi) is 38.2. The van der Waals surface area contributed by atoms with Crippen LogP contribution in [0.2, 0.25) is 5.04 Å². The van der Waals surface area contributed by atoms with E-state index in [-0.39, 0.29) is 29.4 Å². The average molecular weight is 1030 g/mol. The van der Waals surface area contributed by atoms with Gasteiger partial charge in [0, 0.05) is 32.5 Å². The second-order valence-corrected chi connectivity index (χ2v) is 27.1. The van der Waals surface area contributed by atoms with Gasteiger partial charge in [0.05, 0.1) is 13.2 Å². The molecule has 0 spiro atoms. The number of benzene rings is 2. The summed E-state index contributed by atoms with van der Waals surface area (Å²) in [5.74, 6) is 0.939. The summed E-state index contributed by atoms with van der Waals surface area (Å²) in [6.45, 7) is 18.6. The van der Waals surface area contributed by atoms with Crippen LogP contribution in [0.3, 0.4) is 0 Å². The van der Waals surface area contributed by atoms with Gasteiger partial charge in [-0.3, -0.25) is 14.4 Å². The molecule has 3 unspecified atom stereocenters. The molecule has 1 amide bonds. The number of carbonyl (C=O) groups is 3. The normalized spacial score (nSPS) is 13.2. The molecule has 418 valence electrons. The molecule has 9 heteroatoms. The van der Waals surface area contributed by atoms with Gasteiger partial charge in [-0.25, -0.2) is 0 Å². The van der Waals surface area contributed by atoms with Crippen LogP contribution in [0.5, 0.6) is 0 Å². The van der Waals surface area contributed by atoms with Crippen LogP contribution in [0.1, 0.15) is 254 Å². The number of ether oxygens (including phenoxy) is 2. The lowest BCUT2D eigenvalue weighted by Crippen LogP contribution is -2.66. The van der Waals surface area contributed by atoms with Crippen molar-refractivity contribution in [1.29, 1.82) is 0 Å². The van der Waals surface area contributed by atoms with E-state index in [0.29, 0.717) is 43.9 Å². The first kappa shape index (κ1) is 66.1. The molecule has 0 heterocycles. The van der Waals surface area contributed by atoms with Gasteiger partial charge >= 0.3 is 11.9 Å². The highest BCUT2D eigenvalue weighted by Crippen LogP contribution is 2.37. The first-order valence-electron chi connectivity index (χ1n) is 30.4. The predicted octanol–water partition coefficient (Wildman–Crippen LogP) is 15.9. The van der Waals surface area contributed by atoms with Crippen molar-refractivity contribution >= 4 is 36.5 Å². The summed E-state index contributed by atoms with van der Waals surface area (Å²) < 4.78 is 18.6. The number of rotatable bonds is 47. The van der Waals surface area contributed by atoms with E-state index >= 15 is 0 Å². The Morgan fingerprint density at radius 2 is 0.918 bits per heavy atom. The van der Waals surface area contributed by atoms with Crippen molar-refractivity contribution in [2.75, 3.05) is 40.0 Å². The molecule has 73 heavy (non-hydrogen) atoms. The molecule has 3 atom stereocenters. The monoisotopic (exact) mass is 1030 g/mol. The van der Waals surface area contributed by atoms with Crippen LogP contribution >= 0.6 is 0 Å². The number of unbranched alkanes of at least 4 members (excludes halogenated alkanes) is 15. The summed E-state index contributed by atoms with van der Waals surface area (Å²) in [5, 5.41) is 6.52. The van der Waals surface area contributed by atoms with Gasteiger partial charge in [0.1, 0.15) is 6.54 Å². The minimum atomic E-state index is -2.56. The number of amides is 1. The van der Waals surface area contributed by atoms with Crippen LogP contribution in [0, 0.1) is 11.8 Å². The molecule has 0 fully saturated rings. The molecule has 2 aromatic carbocycles. The second-order valence-electron chi connectivity index (χ2n) is 22.8. The molecule has 0 radical (unpaired) electrons. The molecule has 8 nitrogen and oxygen atoms in total. The Morgan fingerprint density at radius 3 is 1.45 bits per heavy atom. The molecular weight excluding hydrogens is 921 g/mol. The topological polar surface area (TPSA) is 94.2 Å². The quantitative estimate of drug-likeness (QED) is 0.0401. The summed E-state index contributed by atoms with van der Waals surface area (Å²) in [6.07, 6.45) is 35.7. The van der Waals surface area contributed by atoms with Crippen LogP contribution < -0.4 is 15.7 Å². The fourth-order valence-corrected chi connectivity index (χ4v) is 15.4. The second kappa shape index (κ2) is 42.1. The Morgan fingerprint density at radius 1 is 0.493 bits per heavy atom. The highest BCUT2D eigenvalue weighted by molar-refractivity contribution is 6.99. The predicted molar refractivity (Wildman–Crippen MR) is 312 cm³/mol. The third-order valence-electron chi connectivity index (χ3n) is 15.3. The van der Waals surface area contributed by atoms with Crippen molar-refractivity contribution in [2.45, 2.75) is 265 Å². The van der Waals surface area contributed by atoms with Crippen LogP contribution in [0.4, 0.5) is 0 Å². The van der Waals surface area contributed by atoms with Gasteiger partial charge in [0.15, 0.2) is 0 Å². The minimum absolute atomic E-state index is 0.0158. The number of nitrogens with one attached hydrogen (secondary N) is 1. The number of likely N-dealkylation sites (N-methyl/N-ethyl adjacent to an activating group) is 1. The van der Waals surface area contributed by atoms with E-state index in [0.717, 1.165) is 90.2 Å². The Bertz CT molecular complexity index is 1600. The van der Waals surface area contributed by atoms with E-state index in [1.165, 1.54) is 126 Å². The molecule has 0 bridgehead atoms. The van der Waals surface area contributed by atoms with Crippen LogP contribution in [-0.2, 0) is 28.3 Å². The molecule has 0 aliphatic heterocycles. The lowest BCUT2D eigenvalue weighted by molar-refractivity contribution is -0.148. The van der Waals surface area contributed by atoms with Gasteiger partial charge in [0.25, 0.3) is 8.32 Å². The summed E-state index contributed by atoms with van der Waals surface area (Å²) in [5.41, 5.74) is 0. The van der Waals surface area contributed by atoms with Crippen LogP contribution in [-0.4, -0.2) is 77.1 Å². The van der Waals surface area contributed by atoms with Gasteiger partial charge in [-0.15, -0.1) is 0 Å². The largest absolute Gasteiger partial charge is 0.466 e. The van der Waals surface area contributed by atoms with Gasteiger partial charge < -0.3 is 24.1 Å². The average Bonchev–Trinajstić information content (AvgIpc) is 3.38. The standard InChI is InChI=1S/C64H112N2O6Si/c1-9-13-17-19-26-40-57(38-24-15-11-3)48-50-62(68)70-52-34-22-27-41-58(65-51-33-36-54-72-73(64(5,6)7,59-43-29-20-30-44-59)60-45-31-21-32-46-60)42-28-23-35-53-71-63(69)55-66(8)61(67)49-47-56(37-16-12-4)39-25-18-14-10-2/h20-21,29-32,43-46,56-58,65H,9-19,22-28,33-42,47-55H2,1-8H3. The molecule has 0 saturated heterocycles. The smallest absolute Gasteiger partial charge is 0.325 e. The van der Waals surface area contributed by atoms with Gasteiger partial charge in [-0.1, -0.05) is 250 Å². The van der Waals surface area contributed by atoms with Crippen LogP contribution in [0.15, 0.2) is 60.7 Å². The number of carbonyl (C=O) groups excluding carboxylic acids is 3. The van der Waals surface area contributed by atoms with E-state index in [9.17, 15) is 14.4 Å². The van der Waals surface area contributed by atoms with E-state index < -0.39 is 8.32 Å². The number of esters is 2. The Labute approximate surface area is 450 Å². The Balaban J connectivity index is 1.87. The first-order valence-corrected chi connectivity index (χ1v) is 32.4. The molecule has 1 N–H and O–H groups in total. The fourth-order valence-electron chi connectivity index (χ4n) is 10.8. The Hall–Kier alpha value is -3.01. The van der Waals surface area contributed by atoms with Crippen molar-refractivity contribution in [3.63, 3.8) is 0 Å². The molecule has 0 saturated carbocycles.